The van der Waals surface area contributed by atoms with Crippen LogP contribution in [0.1, 0.15) is 52.0 Å². The van der Waals surface area contributed by atoms with Gasteiger partial charge in [-0.05, 0) is 61.6 Å². The van der Waals surface area contributed by atoms with Crippen molar-refractivity contribution in [2.75, 3.05) is 11.9 Å². The van der Waals surface area contributed by atoms with E-state index in [1.165, 1.54) is 4.90 Å². The number of hydrogen-bond acceptors (Lipinski definition) is 4. The lowest BCUT2D eigenvalue weighted by Crippen LogP contribution is -2.41. The maximum absolute atomic E-state index is 13.0. The highest BCUT2D eigenvalue weighted by Gasteiger charge is 2.40. The van der Waals surface area contributed by atoms with Gasteiger partial charge in [0.05, 0.1) is 11.1 Å². The monoisotopic (exact) mass is 392 g/mol. The largest absolute Gasteiger partial charge is 0.508 e. The Labute approximate surface area is 169 Å². The van der Waals surface area contributed by atoms with Crippen molar-refractivity contribution < 1.29 is 19.5 Å². The smallest absolute Gasteiger partial charge is 0.261 e. The predicted octanol–water partition coefficient (Wildman–Crippen LogP) is 3.74. The Morgan fingerprint density at radius 1 is 1.07 bits per heavy atom. The highest BCUT2D eigenvalue weighted by molar-refractivity contribution is 6.21. The zero-order valence-electron chi connectivity index (χ0n) is 16.4. The van der Waals surface area contributed by atoms with Crippen molar-refractivity contribution in [2.45, 2.75) is 32.6 Å². The van der Waals surface area contributed by atoms with Gasteiger partial charge in [-0.3, -0.25) is 19.3 Å². The minimum Gasteiger partial charge on any atom is -0.508 e. The van der Waals surface area contributed by atoms with Crippen LogP contribution in [-0.4, -0.2) is 34.3 Å². The number of phenols is 1. The SMILES string of the molecule is Cc1cc(O)ccc1NC(=O)C1CCCCC1CN1C(=O)c2ccccc2C1=O. The van der Waals surface area contributed by atoms with Gasteiger partial charge in [0, 0.05) is 18.2 Å². The van der Waals surface area contributed by atoms with E-state index in [9.17, 15) is 19.5 Å². The molecule has 0 aromatic heterocycles. The van der Waals surface area contributed by atoms with E-state index in [2.05, 4.69) is 5.32 Å². The molecule has 0 radical (unpaired) electrons. The van der Waals surface area contributed by atoms with Crippen LogP contribution in [0.2, 0.25) is 0 Å². The second-order valence-corrected chi connectivity index (χ2v) is 7.91. The molecule has 3 amide bonds. The van der Waals surface area contributed by atoms with Crippen LogP contribution in [0.3, 0.4) is 0 Å². The number of amides is 3. The summed E-state index contributed by atoms with van der Waals surface area (Å²) >= 11 is 0. The number of phenolic OH excluding ortho intramolecular Hbond substituents is 1. The lowest BCUT2D eigenvalue weighted by atomic mass is 9.78. The molecular weight excluding hydrogens is 368 g/mol. The molecule has 0 saturated heterocycles. The topological polar surface area (TPSA) is 86.7 Å². The molecule has 1 saturated carbocycles. The first-order valence-corrected chi connectivity index (χ1v) is 10.0. The van der Waals surface area contributed by atoms with Gasteiger partial charge in [-0.2, -0.15) is 0 Å². The third-order valence-corrected chi connectivity index (χ3v) is 6.01. The summed E-state index contributed by atoms with van der Waals surface area (Å²) in [6.07, 6.45) is 3.47. The molecule has 2 aromatic rings. The predicted molar refractivity (Wildman–Crippen MR) is 109 cm³/mol. The van der Waals surface area contributed by atoms with Gasteiger partial charge in [-0.15, -0.1) is 0 Å². The van der Waals surface area contributed by atoms with Gasteiger partial charge in [0.15, 0.2) is 0 Å². The van der Waals surface area contributed by atoms with Gasteiger partial charge < -0.3 is 10.4 Å². The summed E-state index contributed by atoms with van der Waals surface area (Å²) in [6, 6.07) is 11.7. The maximum Gasteiger partial charge on any atom is 0.261 e. The number of rotatable bonds is 4. The molecular formula is C23H24N2O4. The lowest BCUT2D eigenvalue weighted by molar-refractivity contribution is -0.122. The first kappa shape index (κ1) is 19.2. The maximum atomic E-state index is 13.0. The van der Waals surface area contributed by atoms with Gasteiger partial charge >= 0.3 is 0 Å². The zero-order chi connectivity index (χ0) is 20.5. The number of anilines is 1. The second-order valence-electron chi connectivity index (χ2n) is 7.91. The fraction of sp³-hybridized carbons (Fsp3) is 0.348. The second kappa shape index (κ2) is 7.70. The van der Waals surface area contributed by atoms with Crippen LogP contribution in [0.4, 0.5) is 5.69 Å². The minimum atomic E-state index is -0.273. The van der Waals surface area contributed by atoms with Crippen LogP contribution < -0.4 is 5.32 Å². The Balaban J connectivity index is 1.50. The molecule has 150 valence electrons. The van der Waals surface area contributed by atoms with E-state index < -0.39 is 0 Å². The number of aryl methyl sites for hydroxylation is 1. The van der Waals surface area contributed by atoms with Gasteiger partial charge in [-0.1, -0.05) is 25.0 Å². The molecule has 2 aliphatic rings. The van der Waals surface area contributed by atoms with Crippen LogP contribution in [0.15, 0.2) is 42.5 Å². The number of carbonyl (C=O) groups is 3. The molecule has 0 bridgehead atoms. The van der Waals surface area contributed by atoms with Crippen molar-refractivity contribution in [1.82, 2.24) is 4.90 Å². The summed E-state index contributed by atoms with van der Waals surface area (Å²) in [5, 5.41) is 12.5. The molecule has 1 aliphatic heterocycles. The standard InChI is InChI=1S/C23H24N2O4/c1-14-12-16(26)10-11-20(14)24-21(27)17-7-3-2-6-15(17)13-25-22(28)18-8-4-5-9-19(18)23(25)29/h4-5,8-12,15,17,26H,2-3,6-7,13H2,1H3,(H,24,27). The molecule has 1 aliphatic carbocycles. The van der Waals surface area contributed by atoms with Crippen molar-refractivity contribution in [1.29, 1.82) is 0 Å². The van der Waals surface area contributed by atoms with Crippen molar-refractivity contribution in [3.05, 3.63) is 59.2 Å². The fourth-order valence-electron chi connectivity index (χ4n) is 4.42. The highest BCUT2D eigenvalue weighted by atomic mass is 16.3. The van der Waals surface area contributed by atoms with E-state index in [4.69, 9.17) is 0 Å². The van der Waals surface area contributed by atoms with Gasteiger partial charge in [0.1, 0.15) is 5.75 Å². The number of nitrogens with zero attached hydrogens (tertiary/aromatic N) is 1. The molecule has 6 heteroatoms. The first-order chi connectivity index (χ1) is 14.0. The summed E-state index contributed by atoms with van der Waals surface area (Å²) < 4.78 is 0. The molecule has 2 aromatic carbocycles. The summed E-state index contributed by atoms with van der Waals surface area (Å²) in [5.41, 5.74) is 2.33. The summed E-state index contributed by atoms with van der Waals surface area (Å²) in [7, 11) is 0. The fourth-order valence-corrected chi connectivity index (χ4v) is 4.42. The van der Waals surface area contributed by atoms with E-state index in [1.54, 1.807) is 42.5 Å². The lowest BCUT2D eigenvalue weighted by Gasteiger charge is -2.33. The Kier molecular flexibility index (Phi) is 5.09. The summed E-state index contributed by atoms with van der Waals surface area (Å²) in [4.78, 5) is 39.7. The molecule has 2 N–H and O–H groups in total. The Bertz CT molecular complexity index is 950. The van der Waals surface area contributed by atoms with E-state index in [1.807, 2.05) is 6.92 Å². The Morgan fingerprint density at radius 3 is 2.38 bits per heavy atom. The quantitative estimate of drug-likeness (QED) is 0.613. The van der Waals surface area contributed by atoms with Gasteiger partial charge in [0.2, 0.25) is 5.91 Å². The molecule has 29 heavy (non-hydrogen) atoms. The number of fused-ring (bicyclic) bond motifs is 1. The number of aromatic hydroxyl groups is 1. The molecule has 2 atom stereocenters. The number of imide groups is 1. The van der Waals surface area contributed by atoms with Crippen molar-refractivity contribution in [3.63, 3.8) is 0 Å². The number of nitrogens with one attached hydrogen (secondary N) is 1. The number of benzene rings is 2. The average Bonchev–Trinajstić information content (AvgIpc) is 2.96. The van der Waals surface area contributed by atoms with Crippen molar-refractivity contribution in [3.8, 4) is 5.75 Å². The van der Waals surface area contributed by atoms with Crippen LogP contribution in [0.5, 0.6) is 5.75 Å². The van der Waals surface area contributed by atoms with Crippen LogP contribution >= 0.6 is 0 Å². The summed E-state index contributed by atoms with van der Waals surface area (Å²) in [5.74, 6) is -0.819. The average molecular weight is 392 g/mol. The molecule has 0 spiro atoms. The Hall–Kier alpha value is -3.15. The van der Waals surface area contributed by atoms with Crippen molar-refractivity contribution >= 4 is 23.4 Å². The highest BCUT2D eigenvalue weighted by Crippen LogP contribution is 2.34. The van der Waals surface area contributed by atoms with Gasteiger partial charge in [0.25, 0.3) is 11.8 Å². The zero-order valence-corrected chi connectivity index (χ0v) is 16.4. The van der Waals surface area contributed by atoms with Gasteiger partial charge in [-0.25, -0.2) is 0 Å². The minimum absolute atomic E-state index is 0.0663. The number of carbonyl (C=O) groups excluding carboxylic acids is 3. The molecule has 4 rings (SSSR count). The molecule has 6 nitrogen and oxygen atoms in total. The first-order valence-electron chi connectivity index (χ1n) is 10.0. The molecule has 1 heterocycles. The Morgan fingerprint density at radius 2 is 1.72 bits per heavy atom. The third-order valence-electron chi connectivity index (χ3n) is 6.01. The van der Waals surface area contributed by atoms with Crippen LogP contribution in [-0.2, 0) is 4.79 Å². The van der Waals surface area contributed by atoms with Crippen LogP contribution in [0, 0.1) is 18.8 Å². The van der Waals surface area contributed by atoms with E-state index in [-0.39, 0.29) is 41.9 Å². The number of hydrogen-bond donors (Lipinski definition) is 2. The third kappa shape index (κ3) is 3.62. The normalized spacial score (nSPS) is 21.2. The van der Waals surface area contributed by atoms with E-state index in [0.29, 0.717) is 16.8 Å². The van der Waals surface area contributed by atoms with E-state index in [0.717, 1.165) is 31.2 Å². The molecule has 1 fully saturated rings. The van der Waals surface area contributed by atoms with E-state index >= 15 is 0 Å². The van der Waals surface area contributed by atoms with Crippen LogP contribution in [0.25, 0.3) is 0 Å². The summed E-state index contributed by atoms with van der Waals surface area (Å²) in [6.45, 7) is 2.09. The molecule has 2 unspecified atom stereocenters. The van der Waals surface area contributed by atoms with Crippen molar-refractivity contribution in [2.24, 2.45) is 11.8 Å².